The molecule has 24 heavy (non-hydrogen) atoms. The van der Waals surface area contributed by atoms with Crippen molar-refractivity contribution in [2.75, 3.05) is 0 Å². The van der Waals surface area contributed by atoms with Crippen LogP contribution < -0.4 is 0 Å². The molecule has 1 aromatic heterocycles. The third-order valence-corrected chi connectivity index (χ3v) is 4.22. The fourth-order valence-corrected chi connectivity index (χ4v) is 2.79. The van der Waals surface area contributed by atoms with Gasteiger partial charge in [0.05, 0.1) is 10.6 Å². The summed E-state index contributed by atoms with van der Waals surface area (Å²) in [7, 11) is 0. The third-order valence-electron chi connectivity index (χ3n) is 3.66. The van der Waals surface area contributed by atoms with E-state index in [9.17, 15) is 9.59 Å². The minimum atomic E-state index is -0.952. The molecule has 0 aliphatic rings. The standard InChI is InChI=1S/C18H13Cl2NO3/c1-10(24-18(23)13-8-11(19)6-7-15(13)20)17(22)14-9-21-16-5-3-2-4-12(14)16/h2-10,21H,1H3/t10-/m1/s1. The molecule has 0 saturated heterocycles. The number of hydrogen-bond donors (Lipinski definition) is 1. The molecule has 3 aromatic rings. The summed E-state index contributed by atoms with van der Waals surface area (Å²) in [5.74, 6) is -0.984. The Bertz CT molecular complexity index is 933. The minimum absolute atomic E-state index is 0.128. The topological polar surface area (TPSA) is 59.2 Å². The molecule has 0 amide bonds. The van der Waals surface area contributed by atoms with Gasteiger partial charge in [-0.05, 0) is 31.2 Å². The molecule has 2 aromatic carbocycles. The SMILES string of the molecule is C[C@@H](OC(=O)c1cc(Cl)ccc1Cl)C(=O)c1c[nH]c2ccccc12. The van der Waals surface area contributed by atoms with Gasteiger partial charge in [0.25, 0.3) is 0 Å². The highest BCUT2D eigenvalue weighted by atomic mass is 35.5. The number of ether oxygens (including phenoxy) is 1. The number of para-hydroxylation sites is 1. The predicted octanol–water partition coefficient (Wildman–Crippen LogP) is 4.90. The zero-order valence-electron chi connectivity index (χ0n) is 12.7. The number of halogens is 2. The van der Waals surface area contributed by atoms with Gasteiger partial charge < -0.3 is 9.72 Å². The lowest BCUT2D eigenvalue weighted by Gasteiger charge is -2.12. The highest BCUT2D eigenvalue weighted by Gasteiger charge is 2.24. The van der Waals surface area contributed by atoms with Crippen LogP contribution in [0.15, 0.2) is 48.7 Å². The van der Waals surface area contributed by atoms with Crippen molar-refractivity contribution >= 4 is 45.9 Å². The highest BCUT2D eigenvalue weighted by molar-refractivity contribution is 6.35. The summed E-state index contributed by atoms with van der Waals surface area (Å²) < 4.78 is 5.26. The van der Waals surface area contributed by atoms with E-state index < -0.39 is 12.1 Å². The van der Waals surface area contributed by atoms with Gasteiger partial charge in [-0.3, -0.25) is 4.79 Å². The van der Waals surface area contributed by atoms with E-state index in [1.54, 1.807) is 12.3 Å². The predicted molar refractivity (Wildman–Crippen MR) is 94.0 cm³/mol. The molecule has 0 radical (unpaired) electrons. The molecular weight excluding hydrogens is 349 g/mol. The molecule has 122 valence electrons. The molecule has 1 heterocycles. The van der Waals surface area contributed by atoms with Crippen LogP contribution in [-0.2, 0) is 4.74 Å². The van der Waals surface area contributed by atoms with Crippen molar-refractivity contribution in [3.63, 3.8) is 0 Å². The minimum Gasteiger partial charge on any atom is -0.451 e. The quantitative estimate of drug-likeness (QED) is 0.530. The number of aromatic amines is 1. The number of H-pyrrole nitrogens is 1. The summed E-state index contributed by atoms with van der Waals surface area (Å²) in [6.07, 6.45) is 0.663. The van der Waals surface area contributed by atoms with Gasteiger partial charge in [-0.25, -0.2) is 4.79 Å². The number of benzene rings is 2. The number of carbonyl (C=O) groups excluding carboxylic acids is 2. The number of nitrogens with one attached hydrogen (secondary N) is 1. The largest absolute Gasteiger partial charge is 0.451 e. The van der Waals surface area contributed by atoms with Crippen molar-refractivity contribution in [1.29, 1.82) is 0 Å². The lowest BCUT2D eigenvalue weighted by Crippen LogP contribution is -2.24. The van der Waals surface area contributed by atoms with E-state index >= 15 is 0 Å². The molecule has 1 atom stereocenters. The lowest BCUT2D eigenvalue weighted by molar-refractivity contribution is 0.0319. The molecule has 0 saturated carbocycles. The molecule has 1 N–H and O–H groups in total. The van der Waals surface area contributed by atoms with Crippen LogP contribution in [0, 0.1) is 0 Å². The third kappa shape index (κ3) is 3.16. The van der Waals surface area contributed by atoms with E-state index in [0.717, 1.165) is 10.9 Å². The van der Waals surface area contributed by atoms with Gasteiger partial charge in [0.15, 0.2) is 6.10 Å². The Hall–Kier alpha value is -2.30. The maximum Gasteiger partial charge on any atom is 0.340 e. The first kappa shape index (κ1) is 16.6. The second kappa shape index (κ2) is 6.67. The summed E-state index contributed by atoms with van der Waals surface area (Å²) in [5, 5.41) is 1.37. The van der Waals surface area contributed by atoms with Gasteiger partial charge in [-0.1, -0.05) is 41.4 Å². The number of ketones is 1. The van der Waals surface area contributed by atoms with Gasteiger partial charge in [0, 0.05) is 27.7 Å². The van der Waals surface area contributed by atoms with Crippen molar-refractivity contribution in [2.45, 2.75) is 13.0 Å². The Balaban J connectivity index is 1.81. The number of fused-ring (bicyclic) bond motifs is 1. The van der Waals surface area contributed by atoms with Gasteiger partial charge in [-0.2, -0.15) is 0 Å². The van der Waals surface area contributed by atoms with Gasteiger partial charge in [0.2, 0.25) is 5.78 Å². The summed E-state index contributed by atoms with van der Waals surface area (Å²) in [5.41, 5.74) is 1.45. The van der Waals surface area contributed by atoms with Crippen LogP contribution in [0.4, 0.5) is 0 Å². The van der Waals surface area contributed by atoms with E-state index in [1.165, 1.54) is 19.1 Å². The van der Waals surface area contributed by atoms with Gasteiger partial charge >= 0.3 is 5.97 Å². The molecular formula is C18H13Cl2NO3. The van der Waals surface area contributed by atoms with Crippen molar-refractivity contribution in [3.8, 4) is 0 Å². The molecule has 0 bridgehead atoms. The first-order valence-corrected chi connectivity index (χ1v) is 7.99. The Morgan fingerprint density at radius 3 is 2.62 bits per heavy atom. The second-order valence-corrected chi connectivity index (χ2v) is 6.13. The number of hydrogen-bond acceptors (Lipinski definition) is 3. The number of Topliss-reactive ketones (excluding diaryl/α,β-unsaturated/α-hetero) is 1. The van der Waals surface area contributed by atoms with E-state index in [1.807, 2.05) is 24.3 Å². The van der Waals surface area contributed by atoms with E-state index in [0.29, 0.717) is 10.6 Å². The van der Waals surface area contributed by atoms with Crippen LogP contribution in [0.25, 0.3) is 10.9 Å². The molecule has 0 aliphatic heterocycles. The molecule has 0 aliphatic carbocycles. The first-order valence-electron chi connectivity index (χ1n) is 7.23. The fraction of sp³-hybridized carbons (Fsp3) is 0.111. The van der Waals surface area contributed by atoms with Crippen LogP contribution in [0.2, 0.25) is 10.0 Å². The number of aromatic nitrogens is 1. The van der Waals surface area contributed by atoms with Gasteiger partial charge in [-0.15, -0.1) is 0 Å². The molecule has 0 unspecified atom stereocenters. The smallest absolute Gasteiger partial charge is 0.340 e. The first-order chi connectivity index (χ1) is 11.5. The number of carbonyl (C=O) groups is 2. The van der Waals surface area contributed by atoms with Crippen molar-refractivity contribution in [1.82, 2.24) is 4.98 Å². The van der Waals surface area contributed by atoms with Crippen LogP contribution in [0.5, 0.6) is 0 Å². The normalized spacial score (nSPS) is 12.1. The molecule has 4 nitrogen and oxygen atoms in total. The average molecular weight is 362 g/mol. The molecule has 3 rings (SSSR count). The summed E-state index contributed by atoms with van der Waals surface area (Å²) >= 11 is 11.9. The van der Waals surface area contributed by atoms with Crippen LogP contribution in [-0.4, -0.2) is 22.8 Å². The average Bonchev–Trinajstić information content (AvgIpc) is 3.00. The zero-order chi connectivity index (χ0) is 17.3. The van der Waals surface area contributed by atoms with E-state index in [4.69, 9.17) is 27.9 Å². The van der Waals surface area contributed by atoms with Crippen molar-refractivity contribution < 1.29 is 14.3 Å². The maximum absolute atomic E-state index is 12.6. The Kier molecular flexibility index (Phi) is 4.60. The number of rotatable bonds is 4. The van der Waals surface area contributed by atoms with Crippen molar-refractivity contribution in [3.05, 3.63) is 69.8 Å². The fourth-order valence-electron chi connectivity index (χ4n) is 2.43. The number of esters is 1. The second-order valence-electron chi connectivity index (χ2n) is 5.28. The molecule has 6 heteroatoms. The molecule has 0 spiro atoms. The Morgan fingerprint density at radius 2 is 1.83 bits per heavy atom. The van der Waals surface area contributed by atoms with E-state index in [-0.39, 0.29) is 16.4 Å². The molecule has 0 fully saturated rings. The summed E-state index contributed by atoms with van der Waals surface area (Å²) in [6.45, 7) is 1.53. The van der Waals surface area contributed by atoms with E-state index in [2.05, 4.69) is 4.98 Å². The lowest BCUT2D eigenvalue weighted by atomic mass is 10.1. The van der Waals surface area contributed by atoms with Gasteiger partial charge in [0.1, 0.15) is 0 Å². The highest BCUT2D eigenvalue weighted by Crippen LogP contribution is 2.23. The monoisotopic (exact) mass is 361 g/mol. The van der Waals surface area contributed by atoms with Crippen LogP contribution in [0.1, 0.15) is 27.6 Å². The Morgan fingerprint density at radius 1 is 1.08 bits per heavy atom. The maximum atomic E-state index is 12.6. The van der Waals surface area contributed by atoms with Crippen LogP contribution in [0.3, 0.4) is 0 Å². The van der Waals surface area contributed by atoms with Crippen LogP contribution >= 0.6 is 23.2 Å². The van der Waals surface area contributed by atoms with Crippen molar-refractivity contribution in [2.24, 2.45) is 0 Å². The summed E-state index contributed by atoms with van der Waals surface area (Å²) in [6, 6.07) is 11.9. The Labute approximate surface area is 148 Å². The zero-order valence-corrected chi connectivity index (χ0v) is 14.2. The summed E-state index contributed by atoms with van der Waals surface area (Å²) in [4.78, 5) is 27.8.